The lowest BCUT2D eigenvalue weighted by molar-refractivity contribution is 0.912. The van der Waals surface area contributed by atoms with Crippen molar-refractivity contribution < 1.29 is 0 Å². The quantitative estimate of drug-likeness (QED) is 0.394. The summed E-state index contributed by atoms with van der Waals surface area (Å²) >= 11 is 0. The SMILES string of the molecule is CC(=NN)c1ccc2c(c1)CCC2. The van der Waals surface area contributed by atoms with Gasteiger partial charge in [-0.2, -0.15) is 5.10 Å². The van der Waals surface area contributed by atoms with Gasteiger partial charge in [0.05, 0.1) is 5.71 Å². The Kier molecular flexibility index (Phi) is 2.05. The van der Waals surface area contributed by atoms with Crippen molar-refractivity contribution in [2.24, 2.45) is 10.9 Å². The molecular weight excluding hydrogens is 160 g/mol. The molecule has 0 atom stereocenters. The molecule has 0 aliphatic heterocycles. The normalized spacial score (nSPS) is 15.9. The molecule has 0 spiro atoms. The molecule has 2 nitrogen and oxygen atoms in total. The van der Waals surface area contributed by atoms with E-state index in [1.54, 1.807) is 0 Å². The number of nitrogens with two attached hydrogens (primary N) is 1. The van der Waals surface area contributed by atoms with Crippen LogP contribution in [0.15, 0.2) is 23.3 Å². The molecular formula is C11H14N2. The zero-order chi connectivity index (χ0) is 9.26. The maximum absolute atomic E-state index is 5.24. The van der Waals surface area contributed by atoms with Gasteiger partial charge in [0.15, 0.2) is 0 Å². The topological polar surface area (TPSA) is 38.4 Å². The summed E-state index contributed by atoms with van der Waals surface area (Å²) in [5.41, 5.74) is 5.03. The smallest absolute Gasteiger partial charge is 0.0641 e. The van der Waals surface area contributed by atoms with Gasteiger partial charge in [-0.15, -0.1) is 0 Å². The van der Waals surface area contributed by atoms with Crippen LogP contribution in [0.2, 0.25) is 0 Å². The predicted octanol–water partition coefficient (Wildman–Crippen LogP) is 1.86. The highest BCUT2D eigenvalue weighted by Crippen LogP contribution is 2.22. The molecule has 0 saturated heterocycles. The second-order valence-corrected chi connectivity index (χ2v) is 3.55. The number of aryl methyl sites for hydroxylation is 2. The molecule has 0 heterocycles. The number of nitrogens with zero attached hydrogens (tertiary/aromatic N) is 1. The molecule has 1 aliphatic carbocycles. The molecule has 2 rings (SSSR count). The molecule has 1 aliphatic rings. The monoisotopic (exact) mass is 174 g/mol. The molecule has 0 bridgehead atoms. The molecule has 68 valence electrons. The summed E-state index contributed by atoms with van der Waals surface area (Å²) in [4.78, 5) is 0. The van der Waals surface area contributed by atoms with E-state index in [0.29, 0.717) is 0 Å². The maximum Gasteiger partial charge on any atom is 0.0641 e. The van der Waals surface area contributed by atoms with Gasteiger partial charge in [0.25, 0.3) is 0 Å². The van der Waals surface area contributed by atoms with Gasteiger partial charge in [0.1, 0.15) is 0 Å². The minimum atomic E-state index is 0.912. The third-order valence-corrected chi connectivity index (χ3v) is 2.71. The molecule has 2 N–H and O–H groups in total. The Labute approximate surface area is 78.5 Å². The average molecular weight is 174 g/mol. The Morgan fingerprint density at radius 1 is 1.31 bits per heavy atom. The van der Waals surface area contributed by atoms with Crippen molar-refractivity contribution in [1.29, 1.82) is 0 Å². The standard InChI is InChI=1S/C11H14N2/c1-8(13-12)10-6-5-9-3-2-4-11(9)7-10/h5-7H,2-4,12H2,1H3. The Bertz CT molecular complexity index is 353. The summed E-state index contributed by atoms with van der Waals surface area (Å²) in [7, 11) is 0. The van der Waals surface area contributed by atoms with Crippen LogP contribution < -0.4 is 5.84 Å². The van der Waals surface area contributed by atoms with Gasteiger partial charge in [0.2, 0.25) is 0 Å². The minimum absolute atomic E-state index is 0.912. The number of hydrogen-bond acceptors (Lipinski definition) is 2. The van der Waals surface area contributed by atoms with Gasteiger partial charge in [-0.05, 0) is 48.9 Å². The molecule has 0 amide bonds. The fourth-order valence-corrected chi connectivity index (χ4v) is 1.87. The molecule has 1 aromatic rings. The maximum atomic E-state index is 5.24. The van der Waals surface area contributed by atoms with Crippen molar-refractivity contribution in [2.45, 2.75) is 26.2 Å². The van der Waals surface area contributed by atoms with Crippen molar-refractivity contribution in [3.63, 3.8) is 0 Å². The lowest BCUT2D eigenvalue weighted by Crippen LogP contribution is -1.99. The zero-order valence-electron chi connectivity index (χ0n) is 7.88. The third-order valence-electron chi connectivity index (χ3n) is 2.71. The first-order valence-electron chi connectivity index (χ1n) is 4.68. The van der Waals surface area contributed by atoms with Crippen LogP contribution in [0.1, 0.15) is 30.0 Å². The fraction of sp³-hybridized carbons (Fsp3) is 0.364. The number of fused-ring (bicyclic) bond motifs is 1. The summed E-state index contributed by atoms with van der Waals surface area (Å²) in [6.07, 6.45) is 3.73. The lowest BCUT2D eigenvalue weighted by atomic mass is 10.0. The van der Waals surface area contributed by atoms with E-state index in [-0.39, 0.29) is 0 Å². The van der Waals surface area contributed by atoms with Crippen LogP contribution in [0.25, 0.3) is 0 Å². The van der Waals surface area contributed by atoms with Crippen molar-refractivity contribution in [1.82, 2.24) is 0 Å². The fourth-order valence-electron chi connectivity index (χ4n) is 1.87. The van der Waals surface area contributed by atoms with E-state index in [2.05, 4.69) is 23.3 Å². The van der Waals surface area contributed by atoms with Crippen molar-refractivity contribution >= 4 is 5.71 Å². The van der Waals surface area contributed by atoms with Crippen LogP contribution in [-0.4, -0.2) is 5.71 Å². The average Bonchev–Trinajstić information content (AvgIpc) is 2.63. The highest BCUT2D eigenvalue weighted by atomic mass is 15.1. The summed E-state index contributed by atoms with van der Waals surface area (Å²) < 4.78 is 0. The zero-order valence-corrected chi connectivity index (χ0v) is 7.88. The first-order chi connectivity index (χ1) is 6.31. The summed E-state index contributed by atoms with van der Waals surface area (Å²) in [5, 5.41) is 3.70. The Morgan fingerprint density at radius 3 is 2.85 bits per heavy atom. The van der Waals surface area contributed by atoms with Crippen LogP contribution >= 0.6 is 0 Å². The van der Waals surface area contributed by atoms with Gasteiger partial charge in [-0.25, -0.2) is 0 Å². The number of benzene rings is 1. The molecule has 0 fully saturated rings. The Morgan fingerprint density at radius 2 is 2.08 bits per heavy atom. The van der Waals surface area contributed by atoms with Gasteiger partial charge in [-0.1, -0.05) is 12.1 Å². The molecule has 0 radical (unpaired) electrons. The number of hydrazone groups is 1. The molecule has 0 unspecified atom stereocenters. The van der Waals surface area contributed by atoms with Crippen LogP contribution in [0, 0.1) is 0 Å². The second-order valence-electron chi connectivity index (χ2n) is 3.55. The number of hydrogen-bond donors (Lipinski definition) is 1. The van der Waals surface area contributed by atoms with E-state index in [0.717, 1.165) is 11.3 Å². The van der Waals surface area contributed by atoms with E-state index in [9.17, 15) is 0 Å². The van der Waals surface area contributed by atoms with E-state index < -0.39 is 0 Å². The summed E-state index contributed by atoms with van der Waals surface area (Å²) in [6.45, 7) is 1.94. The Hall–Kier alpha value is -1.31. The largest absolute Gasteiger partial charge is 0.323 e. The van der Waals surface area contributed by atoms with E-state index in [4.69, 9.17) is 5.84 Å². The van der Waals surface area contributed by atoms with Crippen LogP contribution in [0.4, 0.5) is 0 Å². The molecule has 0 aromatic heterocycles. The molecule has 0 saturated carbocycles. The van der Waals surface area contributed by atoms with Crippen molar-refractivity contribution in [3.8, 4) is 0 Å². The van der Waals surface area contributed by atoms with E-state index in [1.807, 2.05) is 6.92 Å². The second kappa shape index (κ2) is 3.21. The van der Waals surface area contributed by atoms with Gasteiger partial charge < -0.3 is 5.84 Å². The molecule has 2 heteroatoms. The molecule has 13 heavy (non-hydrogen) atoms. The van der Waals surface area contributed by atoms with E-state index >= 15 is 0 Å². The lowest BCUT2D eigenvalue weighted by Gasteiger charge is -2.03. The summed E-state index contributed by atoms with van der Waals surface area (Å²) in [6, 6.07) is 6.52. The van der Waals surface area contributed by atoms with Gasteiger partial charge in [0, 0.05) is 0 Å². The van der Waals surface area contributed by atoms with Gasteiger partial charge >= 0.3 is 0 Å². The van der Waals surface area contributed by atoms with Gasteiger partial charge in [-0.3, -0.25) is 0 Å². The minimum Gasteiger partial charge on any atom is -0.323 e. The number of rotatable bonds is 1. The van der Waals surface area contributed by atoms with Crippen LogP contribution in [-0.2, 0) is 12.8 Å². The highest BCUT2D eigenvalue weighted by Gasteiger charge is 2.11. The Balaban J connectivity index is 2.41. The first-order valence-corrected chi connectivity index (χ1v) is 4.68. The van der Waals surface area contributed by atoms with Crippen molar-refractivity contribution in [2.75, 3.05) is 0 Å². The van der Waals surface area contributed by atoms with Crippen LogP contribution in [0.3, 0.4) is 0 Å². The third kappa shape index (κ3) is 1.44. The van der Waals surface area contributed by atoms with Crippen molar-refractivity contribution in [3.05, 3.63) is 34.9 Å². The molecule has 1 aromatic carbocycles. The van der Waals surface area contributed by atoms with Crippen LogP contribution in [0.5, 0.6) is 0 Å². The van der Waals surface area contributed by atoms with E-state index in [1.165, 1.54) is 30.4 Å². The highest BCUT2D eigenvalue weighted by molar-refractivity contribution is 5.98. The predicted molar refractivity (Wildman–Crippen MR) is 54.9 cm³/mol. The summed E-state index contributed by atoms with van der Waals surface area (Å²) in [5.74, 6) is 5.24. The first kappa shape index (κ1) is 8.30.